The van der Waals surface area contributed by atoms with Crippen LogP contribution in [0.1, 0.15) is 25.7 Å². The third kappa shape index (κ3) is 5.88. The topological polar surface area (TPSA) is 29.1 Å². The van der Waals surface area contributed by atoms with Gasteiger partial charge in [0.1, 0.15) is 0 Å². The van der Waals surface area contributed by atoms with Crippen molar-refractivity contribution in [2.24, 2.45) is 0 Å². The quantitative estimate of drug-likeness (QED) is 0.228. The summed E-state index contributed by atoms with van der Waals surface area (Å²) >= 11 is 0. The van der Waals surface area contributed by atoms with Crippen molar-refractivity contribution >= 4 is 5.91 Å². The second-order valence-electron chi connectivity index (χ2n) is 6.66. The summed E-state index contributed by atoms with van der Waals surface area (Å²) in [6, 6.07) is 0. The molecule has 0 bridgehead atoms. The van der Waals surface area contributed by atoms with Crippen LogP contribution in [0.3, 0.4) is 0 Å². The minimum atomic E-state index is -7.24. The van der Waals surface area contributed by atoms with Crippen LogP contribution in [-0.4, -0.2) is 60.3 Å². The Kier molecular flexibility index (Phi) is 8.85. The Hall–Kier alpha value is -1.79. The minimum absolute atomic E-state index is 1.25. The van der Waals surface area contributed by atoms with Crippen molar-refractivity contribution in [3.05, 3.63) is 0 Å². The number of halogens is 18. The summed E-state index contributed by atoms with van der Waals surface area (Å²) in [5.41, 5.74) is 0. The molecule has 2 nitrogen and oxygen atoms in total. The van der Waals surface area contributed by atoms with E-state index < -0.39 is 86.0 Å². The average molecular weight is 551 g/mol. The molecule has 0 aromatic carbocycles. The third-order valence-corrected chi connectivity index (χ3v) is 4.08. The zero-order valence-corrected chi connectivity index (χ0v) is 15.7. The van der Waals surface area contributed by atoms with Crippen LogP contribution >= 0.6 is 0 Å². The number of nitrogens with one attached hydrogen (secondary N) is 1. The zero-order chi connectivity index (χ0) is 27.8. The van der Waals surface area contributed by atoms with Crippen molar-refractivity contribution in [2.75, 3.05) is 6.54 Å². The second-order valence-corrected chi connectivity index (χ2v) is 6.66. The average Bonchev–Trinajstić information content (AvgIpc) is 2.61. The van der Waals surface area contributed by atoms with E-state index in [4.69, 9.17) is 0 Å². The predicted molar refractivity (Wildman–Crippen MR) is 73.3 cm³/mol. The predicted octanol–water partition coefficient (Wildman–Crippen LogP) is 6.60. The first-order valence-electron chi connectivity index (χ1n) is 8.27. The van der Waals surface area contributed by atoms with Gasteiger partial charge in [-0.05, 0) is 6.42 Å². The van der Waals surface area contributed by atoms with Gasteiger partial charge in [-0.1, -0.05) is 0 Å². The van der Waals surface area contributed by atoms with Gasteiger partial charge in [-0.25, -0.2) is 0 Å². The lowest BCUT2D eigenvalue weighted by Crippen LogP contribution is -2.61. The Morgan fingerprint density at radius 2 is 0.824 bits per heavy atom. The Bertz CT molecular complexity index is 706. The summed E-state index contributed by atoms with van der Waals surface area (Å²) < 4.78 is 227. The molecule has 0 aromatic rings. The highest BCUT2D eigenvalue weighted by Crippen LogP contribution is 2.55. The van der Waals surface area contributed by atoms with Crippen LogP contribution in [0, 0.1) is 0 Å². The number of amides is 1. The zero-order valence-electron chi connectivity index (χ0n) is 15.7. The molecule has 0 aliphatic heterocycles. The van der Waals surface area contributed by atoms with Crippen LogP contribution < -0.4 is 5.32 Å². The van der Waals surface area contributed by atoms with Crippen molar-refractivity contribution in [1.29, 1.82) is 0 Å². The molecule has 0 radical (unpaired) electrons. The number of carbonyl (C=O) groups excluding carboxylic acids is 1. The summed E-state index contributed by atoms with van der Waals surface area (Å²) in [7, 11) is 0. The Labute approximate surface area is 176 Å². The van der Waals surface area contributed by atoms with E-state index in [1.54, 1.807) is 0 Å². The normalized spacial score (nSPS) is 15.5. The van der Waals surface area contributed by atoms with E-state index in [1.165, 1.54) is 5.32 Å². The Balaban J connectivity index is 4.98. The van der Waals surface area contributed by atoms with Crippen molar-refractivity contribution in [3.63, 3.8) is 0 Å². The highest BCUT2D eigenvalue weighted by atomic mass is 19.4. The summed E-state index contributed by atoms with van der Waals surface area (Å²) in [5.74, 6) is -42.5. The van der Waals surface area contributed by atoms with E-state index in [0.29, 0.717) is 0 Å². The maximum Gasteiger partial charge on any atom is 0.460 e. The first kappa shape index (κ1) is 32.2. The fourth-order valence-corrected chi connectivity index (χ4v) is 2.03. The maximum absolute atomic E-state index is 13.2. The molecule has 1 amide bonds. The van der Waals surface area contributed by atoms with Crippen LogP contribution in [0.2, 0.25) is 0 Å². The Morgan fingerprint density at radius 3 is 1.15 bits per heavy atom. The van der Waals surface area contributed by atoms with Crippen LogP contribution in [0.25, 0.3) is 0 Å². The van der Waals surface area contributed by atoms with Crippen LogP contribution in [-0.2, 0) is 4.79 Å². The highest BCUT2D eigenvalue weighted by molar-refractivity contribution is 5.75. The molecule has 1 N–H and O–H groups in total. The van der Waals surface area contributed by atoms with Gasteiger partial charge < -0.3 is 5.32 Å². The third-order valence-electron chi connectivity index (χ3n) is 4.08. The molecule has 0 aliphatic rings. The molecule has 20 heteroatoms. The molecule has 0 rings (SSSR count). The molecule has 0 fully saturated rings. The monoisotopic (exact) mass is 551 g/mol. The lowest BCUT2D eigenvalue weighted by Gasteiger charge is -2.33. The molecule has 0 saturated carbocycles. The number of hydrogen-bond acceptors (Lipinski definition) is 1. The van der Waals surface area contributed by atoms with Gasteiger partial charge in [0.25, 0.3) is 0 Å². The summed E-state index contributed by atoms with van der Waals surface area (Å²) in [6.07, 6.45) is -22.8. The van der Waals surface area contributed by atoms with Gasteiger partial charge in [0.2, 0.25) is 5.91 Å². The number of rotatable bonds is 11. The Morgan fingerprint density at radius 1 is 0.500 bits per heavy atom. The van der Waals surface area contributed by atoms with Crippen LogP contribution in [0.4, 0.5) is 79.0 Å². The van der Waals surface area contributed by atoms with Crippen LogP contribution in [0.15, 0.2) is 0 Å². The molecular weight excluding hydrogens is 540 g/mol. The van der Waals surface area contributed by atoms with Gasteiger partial charge in [0, 0.05) is 25.8 Å². The number of hydrogen-bond donors (Lipinski definition) is 1. The molecule has 0 atom stereocenters. The van der Waals surface area contributed by atoms with Gasteiger partial charge in [0.05, 0.1) is 0 Å². The molecule has 0 aromatic heterocycles. The van der Waals surface area contributed by atoms with Gasteiger partial charge >= 0.3 is 47.9 Å². The van der Waals surface area contributed by atoms with E-state index in [9.17, 15) is 83.8 Å². The van der Waals surface area contributed by atoms with E-state index in [0.717, 1.165) is 0 Å². The van der Waals surface area contributed by atoms with Crippen LogP contribution in [0.5, 0.6) is 0 Å². The largest absolute Gasteiger partial charge is 0.460 e. The van der Waals surface area contributed by atoms with E-state index in [1.807, 2.05) is 0 Å². The van der Waals surface area contributed by atoms with Crippen molar-refractivity contribution in [1.82, 2.24) is 5.32 Å². The standard InChI is InChI=1S/C14H11F18NO/c15-7(16,9(19,20)11(23,24)13(27,28)29)3-1-5-33-6(34)2-4-8(17,18)10(21,22)12(25,26)14(30,31)32/h1-5H2,(H,33,34). The molecule has 0 heterocycles. The lowest BCUT2D eigenvalue weighted by atomic mass is 9.99. The van der Waals surface area contributed by atoms with Gasteiger partial charge in [-0.2, -0.15) is 79.0 Å². The minimum Gasteiger partial charge on any atom is -0.356 e. The molecule has 34 heavy (non-hydrogen) atoms. The van der Waals surface area contributed by atoms with Crippen molar-refractivity contribution in [2.45, 2.75) is 73.6 Å². The maximum atomic E-state index is 13.2. The van der Waals surface area contributed by atoms with Gasteiger partial charge in [-0.15, -0.1) is 0 Å². The summed E-state index contributed by atoms with van der Waals surface area (Å²) in [4.78, 5) is 11.2. The van der Waals surface area contributed by atoms with E-state index >= 15 is 0 Å². The second kappa shape index (κ2) is 9.34. The molecule has 0 saturated heterocycles. The van der Waals surface area contributed by atoms with Crippen molar-refractivity contribution < 1.29 is 83.8 Å². The molecule has 204 valence electrons. The first-order valence-corrected chi connectivity index (χ1v) is 8.27. The fraction of sp³-hybridized carbons (Fsp3) is 0.929. The highest BCUT2D eigenvalue weighted by Gasteiger charge is 2.82. The summed E-state index contributed by atoms with van der Waals surface area (Å²) in [5, 5.41) is 1.25. The molecule has 0 unspecified atom stereocenters. The van der Waals surface area contributed by atoms with Gasteiger partial charge in [0.15, 0.2) is 0 Å². The van der Waals surface area contributed by atoms with Gasteiger partial charge in [-0.3, -0.25) is 4.79 Å². The molecule has 0 aliphatic carbocycles. The fourth-order valence-electron chi connectivity index (χ4n) is 2.03. The smallest absolute Gasteiger partial charge is 0.356 e. The first-order chi connectivity index (χ1) is 14.6. The summed E-state index contributed by atoms with van der Waals surface area (Å²) in [6.45, 7) is -1.33. The number of carbonyl (C=O) groups is 1. The SMILES string of the molecule is O=C(CCC(F)(F)C(F)(F)C(F)(F)C(F)(F)F)NCCCC(F)(F)C(F)(F)C(F)(F)C(F)(F)F. The molecule has 0 spiro atoms. The van der Waals surface area contributed by atoms with E-state index in [2.05, 4.69) is 0 Å². The number of alkyl halides is 18. The van der Waals surface area contributed by atoms with E-state index in [-0.39, 0.29) is 0 Å². The lowest BCUT2D eigenvalue weighted by molar-refractivity contribution is -0.396. The van der Waals surface area contributed by atoms with Crippen molar-refractivity contribution in [3.8, 4) is 0 Å². The molecular formula is C14H11F18NO.